The van der Waals surface area contributed by atoms with E-state index in [1.54, 1.807) is 0 Å². The lowest BCUT2D eigenvalue weighted by molar-refractivity contribution is -0.0864. The summed E-state index contributed by atoms with van der Waals surface area (Å²) >= 11 is 6.00. The smallest absolute Gasteiger partial charge is 0.155 e. The monoisotopic (exact) mass is 297 g/mol. The molecular weight excluding hydrogens is 274 g/mol. The molecule has 1 unspecified atom stereocenters. The van der Waals surface area contributed by atoms with Crippen molar-refractivity contribution in [2.75, 3.05) is 11.9 Å². The molecule has 5 heteroatoms. The van der Waals surface area contributed by atoms with Gasteiger partial charge in [0.1, 0.15) is 0 Å². The average molecular weight is 298 g/mol. The van der Waals surface area contributed by atoms with Crippen LogP contribution in [0.5, 0.6) is 0 Å². The van der Waals surface area contributed by atoms with Crippen LogP contribution in [-0.4, -0.2) is 28.4 Å². The molecule has 1 aliphatic rings. The Bertz CT molecular complexity index is 474. The highest BCUT2D eigenvalue weighted by Crippen LogP contribution is 2.33. The number of hydrogen-bond donors (Lipinski definition) is 1. The third-order valence-corrected chi connectivity index (χ3v) is 4.95. The summed E-state index contributed by atoms with van der Waals surface area (Å²) in [5.74, 6) is 0.847. The van der Waals surface area contributed by atoms with Crippen molar-refractivity contribution < 1.29 is 4.74 Å². The molecule has 1 fully saturated rings. The van der Waals surface area contributed by atoms with Crippen molar-refractivity contribution in [2.45, 2.75) is 65.0 Å². The van der Waals surface area contributed by atoms with Crippen LogP contribution in [0.3, 0.4) is 0 Å². The first-order valence-electron chi connectivity index (χ1n) is 7.41. The standard InChI is InChI=1S/C15H24ClN3O/c1-5-15(6-2)9-12(7-8-20-15)17-14-11(4)10(3)13(16)18-19-14/h12H,5-9H2,1-4H3,(H,17,19). The number of rotatable bonds is 4. The number of hydrogen-bond acceptors (Lipinski definition) is 4. The zero-order chi connectivity index (χ0) is 14.8. The Labute approximate surface area is 126 Å². The Morgan fingerprint density at radius 2 is 1.95 bits per heavy atom. The van der Waals surface area contributed by atoms with Crippen LogP contribution >= 0.6 is 11.6 Å². The molecule has 0 aromatic carbocycles. The first-order valence-corrected chi connectivity index (χ1v) is 7.79. The summed E-state index contributed by atoms with van der Waals surface area (Å²) in [6.07, 6.45) is 4.12. The lowest BCUT2D eigenvalue weighted by atomic mass is 9.86. The van der Waals surface area contributed by atoms with Gasteiger partial charge in [0.2, 0.25) is 0 Å². The predicted octanol–water partition coefficient (Wildman–Crippen LogP) is 3.90. The zero-order valence-corrected chi connectivity index (χ0v) is 13.5. The molecule has 0 aliphatic carbocycles. The van der Waals surface area contributed by atoms with Crippen molar-refractivity contribution >= 4 is 17.4 Å². The SMILES string of the molecule is CCC1(CC)CC(Nc2nnc(Cl)c(C)c2C)CCO1. The van der Waals surface area contributed by atoms with Gasteiger partial charge in [0.25, 0.3) is 0 Å². The minimum atomic E-state index is 0.0126. The second-order valence-corrected chi connectivity index (χ2v) is 6.02. The highest BCUT2D eigenvalue weighted by atomic mass is 35.5. The molecule has 1 atom stereocenters. The van der Waals surface area contributed by atoms with Crippen molar-refractivity contribution in [3.8, 4) is 0 Å². The van der Waals surface area contributed by atoms with Gasteiger partial charge >= 0.3 is 0 Å². The summed E-state index contributed by atoms with van der Waals surface area (Å²) in [5, 5.41) is 12.2. The Hall–Kier alpha value is -0.870. The van der Waals surface area contributed by atoms with Crippen molar-refractivity contribution in [1.82, 2.24) is 10.2 Å². The normalized spacial score (nSPS) is 21.8. The number of anilines is 1. The van der Waals surface area contributed by atoms with Crippen molar-refractivity contribution in [2.24, 2.45) is 0 Å². The molecule has 1 aliphatic heterocycles. The van der Waals surface area contributed by atoms with Crippen LogP contribution in [0, 0.1) is 13.8 Å². The van der Waals surface area contributed by atoms with Crippen LogP contribution in [0.25, 0.3) is 0 Å². The molecule has 0 spiro atoms. The molecule has 0 radical (unpaired) electrons. The first kappa shape index (κ1) is 15.5. The summed E-state index contributed by atoms with van der Waals surface area (Å²) in [5.41, 5.74) is 2.09. The molecule has 1 aromatic rings. The fourth-order valence-electron chi connectivity index (χ4n) is 2.80. The molecule has 112 valence electrons. The van der Waals surface area contributed by atoms with Crippen LogP contribution in [-0.2, 0) is 4.74 Å². The van der Waals surface area contributed by atoms with Crippen LogP contribution in [0.15, 0.2) is 0 Å². The van der Waals surface area contributed by atoms with Gasteiger partial charge in [-0.05, 0) is 50.7 Å². The van der Waals surface area contributed by atoms with E-state index >= 15 is 0 Å². The number of aromatic nitrogens is 2. The third-order valence-electron chi connectivity index (χ3n) is 4.59. The van der Waals surface area contributed by atoms with E-state index in [9.17, 15) is 0 Å². The van der Waals surface area contributed by atoms with Crippen LogP contribution in [0.4, 0.5) is 5.82 Å². The van der Waals surface area contributed by atoms with E-state index in [0.717, 1.165) is 49.2 Å². The van der Waals surface area contributed by atoms with Gasteiger partial charge in [0, 0.05) is 12.6 Å². The highest BCUT2D eigenvalue weighted by Gasteiger charge is 2.34. The van der Waals surface area contributed by atoms with Crippen LogP contribution in [0.2, 0.25) is 5.15 Å². The van der Waals surface area contributed by atoms with E-state index in [-0.39, 0.29) is 5.60 Å². The second-order valence-electron chi connectivity index (χ2n) is 5.66. The van der Waals surface area contributed by atoms with Crippen molar-refractivity contribution in [3.63, 3.8) is 0 Å². The molecule has 20 heavy (non-hydrogen) atoms. The maximum absolute atomic E-state index is 6.01. The molecular formula is C15H24ClN3O. The van der Waals surface area contributed by atoms with E-state index in [2.05, 4.69) is 29.4 Å². The summed E-state index contributed by atoms with van der Waals surface area (Å²) < 4.78 is 6.01. The predicted molar refractivity (Wildman–Crippen MR) is 82.4 cm³/mol. The van der Waals surface area contributed by atoms with Crippen molar-refractivity contribution in [3.05, 3.63) is 16.3 Å². The van der Waals surface area contributed by atoms with E-state index in [0.29, 0.717) is 11.2 Å². The number of nitrogens with zero attached hydrogens (tertiary/aromatic N) is 2. The Balaban J connectivity index is 2.12. The fourth-order valence-corrected chi connectivity index (χ4v) is 2.98. The summed E-state index contributed by atoms with van der Waals surface area (Å²) in [7, 11) is 0. The number of halogens is 1. The van der Waals surface area contributed by atoms with Crippen LogP contribution in [0.1, 0.15) is 50.7 Å². The molecule has 4 nitrogen and oxygen atoms in total. The van der Waals surface area contributed by atoms with Gasteiger partial charge < -0.3 is 10.1 Å². The minimum absolute atomic E-state index is 0.0126. The van der Waals surface area contributed by atoms with Gasteiger partial charge in [-0.2, -0.15) is 0 Å². The van der Waals surface area contributed by atoms with Gasteiger partial charge in [-0.15, -0.1) is 10.2 Å². The first-order chi connectivity index (χ1) is 9.51. The zero-order valence-electron chi connectivity index (χ0n) is 12.8. The molecule has 1 saturated heterocycles. The number of nitrogens with one attached hydrogen (secondary N) is 1. The van der Waals surface area contributed by atoms with E-state index in [4.69, 9.17) is 16.3 Å². The Morgan fingerprint density at radius 1 is 1.25 bits per heavy atom. The maximum atomic E-state index is 6.01. The van der Waals surface area contributed by atoms with Crippen molar-refractivity contribution in [1.29, 1.82) is 0 Å². The molecule has 1 N–H and O–H groups in total. The topological polar surface area (TPSA) is 47.0 Å². The molecule has 0 bridgehead atoms. The van der Waals surface area contributed by atoms with E-state index in [1.807, 2.05) is 13.8 Å². The molecule has 2 rings (SSSR count). The molecule has 1 aromatic heterocycles. The van der Waals surface area contributed by atoms with E-state index in [1.165, 1.54) is 0 Å². The maximum Gasteiger partial charge on any atom is 0.155 e. The summed E-state index contributed by atoms with van der Waals surface area (Å²) in [6, 6.07) is 0.386. The largest absolute Gasteiger partial charge is 0.375 e. The van der Waals surface area contributed by atoms with E-state index < -0.39 is 0 Å². The molecule has 0 amide bonds. The number of ether oxygens (including phenoxy) is 1. The van der Waals surface area contributed by atoms with Gasteiger partial charge in [0.15, 0.2) is 11.0 Å². The fraction of sp³-hybridized carbons (Fsp3) is 0.733. The molecule has 2 heterocycles. The minimum Gasteiger partial charge on any atom is -0.375 e. The lowest BCUT2D eigenvalue weighted by Crippen LogP contribution is -2.43. The van der Waals surface area contributed by atoms with Gasteiger partial charge in [-0.3, -0.25) is 0 Å². The Kier molecular flexibility index (Phi) is 4.86. The highest BCUT2D eigenvalue weighted by molar-refractivity contribution is 6.30. The summed E-state index contributed by atoms with van der Waals surface area (Å²) in [4.78, 5) is 0. The van der Waals surface area contributed by atoms with Gasteiger partial charge in [0.05, 0.1) is 5.60 Å². The quantitative estimate of drug-likeness (QED) is 0.915. The summed E-state index contributed by atoms with van der Waals surface area (Å²) in [6.45, 7) is 9.21. The lowest BCUT2D eigenvalue weighted by Gasteiger charge is -2.40. The van der Waals surface area contributed by atoms with Crippen LogP contribution < -0.4 is 5.32 Å². The second kappa shape index (κ2) is 6.27. The third kappa shape index (κ3) is 3.07. The Morgan fingerprint density at radius 3 is 2.60 bits per heavy atom. The molecule has 0 saturated carbocycles. The van der Waals surface area contributed by atoms with Gasteiger partial charge in [-0.1, -0.05) is 25.4 Å². The average Bonchev–Trinajstić information content (AvgIpc) is 2.48. The van der Waals surface area contributed by atoms with Gasteiger partial charge in [-0.25, -0.2) is 0 Å².